The first-order valence-corrected chi connectivity index (χ1v) is 9.33. The summed E-state index contributed by atoms with van der Waals surface area (Å²) in [5.74, 6) is -1.10. The van der Waals surface area contributed by atoms with Gasteiger partial charge >= 0.3 is 0 Å². The molecule has 3 rings (SSSR count). The molecule has 3 nitrogen and oxygen atoms in total. The maximum Gasteiger partial charge on any atom is 0.283 e. The van der Waals surface area contributed by atoms with Crippen LogP contribution in [0, 0.1) is 0 Å². The van der Waals surface area contributed by atoms with Gasteiger partial charge in [-0.05, 0) is 16.7 Å². The molecule has 0 spiro atoms. The number of rotatable bonds is 10. The van der Waals surface area contributed by atoms with E-state index < -0.39 is 5.97 Å². The molecule has 0 unspecified atom stereocenters. The van der Waals surface area contributed by atoms with Crippen molar-refractivity contribution < 1.29 is 14.2 Å². The van der Waals surface area contributed by atoms with Crippen molar-refractivity contribution in [3.05, 3.63) is 108 Å². The lowest BCUT2D eigenvalue weighted by Gasteiger charge is -2.32. The fourth-order valence-corrected chi connectivity index (χ4v) is 2.73. The number of ether oxygens (including phenoxy) is 3. The summed E-state index contributed by atoms with van der Waals surface area (Å²) < 4.78 is 18.5. The zero-order chi connectivity index (χ0) is 18.8. The molecule has 0 radical (unpaired) electrons. The summed E-state index contributed by atoms with van der Waals surface area (Å²) in [4.78, 5) is 0. The summed E-state index contributed by atoms with van der Waals surface area (Å²) in [7, 11) is 0. The van der Waals surface area contributed by atoms with Crippen molar-refractivity contribution in [3.63, 3.8) is 0 Å². The molecule has 0 bridgehead atoms. The quantitative estimate of drug-likeness (QED) is 0.433. The van der Waals surface area contributed by atoms with Crippen LogP contribution in [0.5, 0.6) is 0 Å². The number of hydrogen-bond donors (Lipinski definition) is 0. The van der Waals surface area contributed by atoms with E-state index in [1.807, 2.05) is 97.9 Å². The second-order valence-corrected chi connectivity index (χ2v) is 6.36. The molecule has 3 heteroatoms. The monoisotopic (exact) mass is 362 g/mol. The summed E-state index contributed by atoms with van der Waals surface area (Å²) in [5.41, 5.74) is 3.26. The molecular formula is C24H26O3. The summed E-state index contributed by atoms with van der Waals surface area (Å²) in [6.45, 7) is 3.30. The van der Waals surface area contributed by atoms with Gasteiger partial charge in [-0.15, -0.1) is 0 Å². The number of benzene rings is 3. The highest BCUT2D eigenvalue weighted by molar-refractivity contribution is 5.15. The first-order chi connectivity index (χ1) is 13.3. The van der Waals surface area contributed by atoms with Gasteiger partial charge in [-0.2, -0.15) is 0 Å². The lowest BCUT2D eigenvalue weighted by molar-refractivity contribution is -0.395. The Hall–Kier alpha value is -2.46. The van der Waals surface area contributed by atoms with Crippen molar-refractivity contribution in [1.82, 2.24) is 0 Å². The van der Waals surface area contributed by atoms with Crippen LogP contribution in [-0.4, -0.2) is 5.97 Å². The van der Waals surface area contributed by atoms with Crippen molar-refractivity contribution in [2.24, 2.45) is 0 Å². The highest BCUT2D eigenvalue weighted by Crippen LogP contribution is 2.25. The second kappa shape index (κ2) is 10.0. The van der Waals surface area contributed by atoms with Crippen molar-refractivity contribution >= 4 is 0 Å². The van der Waals surface area contributed by atoms with Crippen LogP contribution in [0.25, 0.3) is 0 Å². The third kappa shape index (κ3) is 6.04. The molecule has 0 saturated carbocycles. The maximum absolute atomic E-state index is 6.16. The molecule has 0 N–H and O–H groups in total. The molecule has 0 aliphatic carbocycles. The zero-order valence-electron chi connectivity index (χ0n) is 15.7. The van der Waals surface area contributed by atoms with Crippen LogP contribution < -0.4 is 0 Å². The van der Waals surface area contributed by atoms with Crippen LogP contribution in [0.15, 0.2) is 91.0 Å². The molecule has 0 aliphatic heterocycles. The molecule has 0 aliphatic rings. The van der Waals surface area contributed by atoms with E-state index >= 15 is 0 Å². The minimum atomic E-state index is -1.10. The van der Waals surface area contributed by atoms with Crippen LogP contribution >= 0.6 is 0 Å². The van der Waals surface area contributed by atoms with Crippen molar-refractivity contribution in [3.8, 4) is 0 Å². The Morgan fingerprint density at radius 1 is 0.519 bits per heavy atom. The Morgan fingerprint density at radius 3 is 1.07 bits per heavy atom. The third-order valence-electron chi connectivity index (χ3n) is 4.34. The van der Waals surface area contributed by atoms with E-state index in [4.69, 9.17) is 14.2 Å². The third-order valence-corrected chi connectivity index (χ3v) is 4.34. The standard InChI is InChI=1S/C24H26O3/c1-2-24(25-18-21-12-6-3-7-13-21,26-19-22-14-8-4-9-15-22)27-20-23-16-10-5-11-17-23/h3-17H,2,18-20H2,1H3. The van der Waals surface area contributed by atoms with Crippen LogP contribution in [0.2, 0.25) is 0 Å². The molecule has 3 aromatic carbocycles. The van der Waals surface area contributed by atoms with Crippen LogP contribution in [0.1, 0.15) is 30.0 Å². The fourth-order valence-electron chi connectivity index (χ4n) is 2.73. The molecular weight excluding hydrogens is 336 g/mol. The van der Waals surface area contributed by atoms with Crippen molar-refractivity contribution in [2.45, 2.75) is 39.1 Å². The van der Waals surface area contributed by atoms with Gasteiger partial charge in [-0.25, -0.2) is 0 Å². The van der Waals surface area contributed by atoms with E-state index in [2.05, 4.69) is 0 Å². The minimum Gasteiger partial charge on any atom is -0.323 e. The summed E-state index contributed by atoms with van der Waals surface area (Å²) in [5, 5.41) is 0. The SMILES string of the molecule is CCC(OCc1ccccc1)(OCc1ccccc1)OCc1ccccc1. The predicted octanol–water partition coefficient (Wildman–Crippen LogP) is 5.70. The maximum atomic E-state index is 6.16. The van der Waals surface area contributed by atoms with E-state index in [9.17, 15) is 0 Å². The highest BCUT2D eigenvalue weighted by Gasteiger charge is 2.32. The topological polar surface area (TPSA) is 27.7 Å². The van der Waals surface area contributed by atoms with Crippen LogP contribution in [-0.2, 0) is 34.0 Å². The van der Waals surface area contributed by atoms with Gasteiger partial charge in [0.2, 0.25) is 0 Å². The molecule has 0 saturated heterocycles. The Balaban J connectivity index is 1.70. The Bertz CT molecular complexity index is 666. The van der Waals surface area contributed by atoms with E-state index in [0.717, 1.165) is 16.7 Å². The van der Waals surface area contributed by atoms with E-state index in [-0.39, 0.29) is 0 Å². The van der Waals surface area contributed by atoms with Gasteiger partial charge in [0.15, 0.2) is 0 Å². The first-order valence-electron chi connectivity index (χ1n) is 9.33. The highest BCUT2D eigenvalue weighted by atomic mass is 16.9. The molecule has 140 valence electrons. The minimum absolute atomic E-state index is 0.429. The van der Waals surface area contributed by atoms with Crippen LogP contribution in [0.4, 0.5) is 0 Å². The van der Waals surface area contributed by atoms with Gasteiger partial charge < -0.3 is 14.2 Å². The smallest absolute Gasteiger partial charge is 0.283 e. The molecule has 0 amide bonds. The van der Waals surface area contributed by atoms with Gasteiger partial charge in [-0.1, -0.05) is 97.9 Å². The largest absolute Gasteiger partial charge is 0.323 e. The van der Waals surface area contributed by atoms with E-state index in [0.29, 0.717) is 26.2 Å². The van der Waals surface area contributed by atoms with Gasteiger partial charge in [0.25, 0.3) is 5.97 Å². The van der Waals surface area contributed by atoms with Crippen molar-refractivity contribution in [2.75, 3.05) is 0 Å². The Morgan fingerprint density at radius 2 is 0.815 bits per heavy atom. The summed E-state index contributed by atoms with van der Waals surface area (Å²) in [6, 6.07) is 30.2. The summed E-state index contributed by atoms with van der Waals surface area (Å²) >= 11 is 0. The van der Waals surface area contributed by atoms with Crippen molar-refractivity contribution in [1.29, 1.82) is 0 Å². The Kier molecular flexibility index (Phi) is 7.17. The normalized spacial score (nSPS) is 11.4. The van der Waals surface area contributed by atoms with E-state index in [1.165, 1.54) is 0 Å². The number of hydrogen-bond acceptors (Lipinski definition) is 3. The van der Waals surface area contributed by atoms with Gasteiger partial charge in [0, 0.05) is 6.42 Å². The molecule has 3 aromatic rings. The zero-order valence-corrected chi connectivity index (χ0v) is 15.7. The molecule has 0 aromatic heterocycles. The second-order valence-electron chi connectivity index (χ2n) is 6.36. The lowest BCUT2D eigenvalue weighted by Crippen LogP contribution is -2.38. The molecule has 0 fully saturated rings. The van der Waals surface area contributed by atoms with E-state index in [1.54, 1.807) is 0 Å². The average molecular weight is 362 g/mol. The summed E-state index contributed by atoms with van der Waals surface area (Å²) in [6.07, 6.45) is 0.583. The predicted molar refractivity (Wildman–Crippen MR) is 107 cm³/mol. The lowest BCUT2D eigenvalue weighted by atomic mass is 10.2. The van der Waals surface area contributed by atoms with Crippen LogP contribution in [0.3, 0.4) is 0 Å². The van der Waals surface area contributed by atoms with Gasteiger partial charge in [-0.3, -0.25) is 0 Å². The Labute approximate surface area is 161 Å². The average Bonchev–Trinajstić information content (AvgIpc) is 2.76. The van der Waals surface area contributed by atoms with Gasteiger partial charge in [0.1, 0.15) is 0 Å². The molecule has 0 atom stereocenters. The molecule has 27 heavy (non-hydrogen) atoms. The van der Waals surface area contributed by atoms with Gasteiger partial charge in [0.05, 0.1) is 19.8 Å². The molecule has 0 heterocycles. The fraction of sp³-hybridized carbons (Fsp3) is 0.250. The first kappa shape index (κ1) is 19.3.